The average molecular weight is 524 g/mol. The highest BCUT2D eigenvalue weighted by atomic mass is 35.5. The second-order valence-electron chi connectivity index (χ2n) is 8.05. The van der Waals surface area contributed by atoms with Crippen LogP contribution in [0.4, 0.5) is 4.79 Å². The molecule has 0 radical (unpaired) electrons. The number of hydrogen-bond donors (Lipinski definition) is 1. The number of hydrogen-bond acceptors (Lipinski definition) is 8. The standard InChI is InChI=1S/C21H19Cl2N5O5S/c22-13-9-25-17(26-10-13)8-18(29)28-11-14(34(31,32)16-4-2-1-3-15(16)23)7-19(28)33-20(30)27-21(12-24)5-6-21/h1-4,9-10,14,19H,5-8,11H2,(H,27,30)/t14-,19+/m1/s1. The first-order chi connectivity index (χ1) is 16.1. The third kappa shape index (κ3) is 5.09. The monoisotopic (exact) mass is 523 g/mol. The number of halogens is 2. The zero-order valence-corrected chi connectivity index (χ0v) is 20.0. The molecule has 0 bridgehead atoms. The molecule has 2 heterocycles. The summed E-state index contributed by atoms with van der Waals surface area (Å²) in [5, 5.41) is 11.0. The highest BCUT2D eigenvalue weighted by Crippen LogP contribution is 2.35. The maximum atomic E-state index is 13.3. The van der Waals surface area contributed by atoms with Crippen molar-refractivity contribution in [3.8, 4) is 6.07 Å². The summed E-state index contributed by atoms with van der Waals surface area (Å²) in [6.07, 6.45) is 1.17. The van der Waals surface area contributed by atoms with E-state index in [9.17, 15) is 23.3 Å². The Morgan fingerprint density at radius 1 is 1.24 bits per heavy atom. The summed E-state index contributed by atoms with van der Waals surface area (Å²) in [5.41, 5.74) is -0.981. The Morgan fingerprint density at radius 3 is 2.53 bits per heavy atom. The van der Waals surface area contributed by atoms with Crippen molar-refractivity contribution < 1.29 is 22.7 Å². The molecular weight excluding hydrogens is 505 g/mol. The van der Waals surface area contributed by atoms with E-state index in [2.05, 4.69) is 15.3 Å². The van der Waals surface area contributed by atoms with E-state index >= 15 is 0 Å². The van der Waals surface area contributed by atoms with Crippen LogP contribution in [-0.4, -0.2) is 58.8 Å². The Hall–Kier alpha value is -2.94. The minimum Gasteiger partial charge on any atom is -0.425 e. The lowest BCUT2D eigenvalue weighted by Gasteiger charge is -2.24. The van der Waals surface area contributed by atoms with E-state index in [0.29, 0.717) is 17.9 Å². The van der Waals surface area contributed by atoms with E-state index in [4.69, 9.17) is 27.9 Å². The van der Waals surface area contributed by atoms with Gasteiger partial charge in [0.05, 0.1) is 32.7 Å². The van der Waals surface area contributed by atoms with Crippen molar-refractivity contribution in [2.45, 2.75) is 47.6 Å². The third-order valence-corrected chi connectivity index (χ3v) is 8.47. The number of nitrogens with one attached hydrogen (secondary N) is 1. The van der Waals surface area contributed by atoms with Crippen LogP contribution in [0.5, 0.6) is 0 Å². The van der Waals surface area contributed by atoms with Crippen LogP contribution in [0.15, 0.2) is 41.6 Å². The molecule has 34 heavy (non-hydrogen) atoms. The van der Waals surface area contributed by atoms with E-state index in [1.165, 1.54) is 29.4 Å². The van der Waals surface area contributed by atoms with Gasteiger partial charge in [-0.1, -0.05) is 35.3 Å². The topological polar surface area (TPSA) is 142 Å². The van der Waals surface area contributed by atoms with Gasteiger partial charge in [-0.3, -0.25) is 4.79 Å². The van der Waals surface area contributed by atoms with Gasteiger partial charge in [0.1, 0.15) is 11.4 Å². The van der Waals surface area contributed by atoms with Crippen molar-refractivity contribution in [1.29, 1.82) is 5.26 Å². The second-order valence-corrected chi connectivity index (χ2v) is 11.1. The zero-order chi connectivity index (χ0) is 24.5. The molecule has 2 atom stereocenters. The Labute approximate surface area is 205 Å². The number of sulfone groups is 1. The number of benzene rings is 1. The number of amides is 2. The van der Waals surface area contributed by atoms with Gasteiger partial charge in [0.15, 0.2) is 16.1 Å². The Kier molecular flexibility index (Phi) is 6.66. The molecule has 0 spiro atoms. The van der Waals surface area contributed by atoms with Crippen LogP contribution in [0.3, 0.4) is 0 Å². The van der Waals surface area contributed by atoms with Crippen LogP contribution in [0.25, 0.3) is 0 Å². The fourth-order valence-electron chi connectivity index (χ4n) is 3.62. The second kappa shape index (κ2) is 9.37. The number of nitriles is 1. The van der Waals surface area contributed by atoms with Crippen LogP contribution in [0.1, 0.15) is 25.1 Å². The number of carbonyl (C=O) groups excluding carboxylic acids is 2. The van der Waals surface area contributed by atoms with Gasteiger partial charge in [-0.25, -0.2) is 23.2 Å². The van der Waals surface area contributed by atoms with Crippen molar-refractivity contribution in [2.24, 2.45) is 0 Å². The molecule has 2 amide bonds. The molecule has 1 saturated carbocycles. The molecule has 1 aliphatic heterocycles. The first kappa shape index (κ1) is 24.2. The quantitative estimate of drug-likeness (QED) is 0.608. The maximum absolute atomic E-state index is 13.3. The lowest BCUT2D eigenvalue weighted by Crippen LogP contribution is -2.44. The Bertz CT molecular complexity index is 1260. The number of ether oxygens (including phenoxy) is 1. The first-order valence-electron chi connectivity index (χ1n) is 10.3. The number of likely N-dealkylation sites (tertiary alicyclic amines) is 1. The summed E-state index contributed by atoms with van der Waals surface area (Å²) in [6.45, 7) is -0.221. The van der Waals surface area contributed by atoms with Gasteiger partial charge in [-0.15, -0.1) is 0 Å². The normalized spacial score (nSPS) is 20.9. The molecular formula is C21H19Cl2N5O5S. The summed E-state index contributed by atoms with van der Waals surface area (Å²) < 4.78 is 32.0. The van der Waals surface area contributed by atoms with Crippen LogP contribution in [-0.2, 0) is 25.8 Å². The van der Waals surface area contributed by atoms with Crippen molar-refractivity contribution in [1.82, 2.24) is 20.2 Å². The molecule has 178 valence electrons. The molecule has 1 N–H and O–H groups in total. The van der Waals surface area contributed by atoms with E-state index in [0.717, 1.165) is 0 Å². The van der Waals surface area contributed by atoms with Gasteiger partial charge in [-0.2, -0.15) is 5.26 Å². The highest BCUT2D eigenvalue weighted by molar-refractivity contribution is 7.92. The SMILES string of the molecule is N#CC1(NC(=O)O[C@H]2C[C@@H](S(=O)(=O)c3ccccc3Cl)CN2C(=O)Cc2ncc(Cl)cn2)CC1. The Balaban J connectivity index is 1.56. The van der Waals surface area contributed by atoms with Gasteiger partial charge >= 0.3 is 6.09 Å². The molecule has 1 aromatic heterocycles. The van der Waals surface area contributed by atoms with Crippen LogP contribution < -0.4 is 5.32 Å². The Morgan fingerprint density at radius 2 is 1.91 bits per heavy atom. The molecule has 10 nitrogen and oxygen atoms in total. The smallest absolute Gasteiger partial charge is 0.410 e. The number of aromatic nitrogens is 2. The molecule has 1 aromatic carbocycles. The van der Waals surface area contributed by atoms with E-state index in [-0.39, 0.29) is 35.1 Å². The number of carbonyl (C=O) groups is 2. The van der Waals surface area contributed by atoms with Crippen molar-refractivity contribution in [2.75, 3.05) is 6.54 Å². The third-order valence-electron chi connectivity index (χ3n) is 5.65. The van der Waals surface area contributed by atoms with Crippen LogP contribution >= 0.6 is 23.2 Å². The van der Waals surface area contributed by atoms with Gasteiger partial charge in [0.2, 0.25) is 5.91 Å². The molecule has 2 aromatic rings. The molecule has 0 unspecified atom stereocenters. The first-order valence-corrected chi connectivity index (χ1v) is 12.6. The molecule has 13 heteroatoms. The van der Waals surface area contributed by atoms with E-state index in [1.54, 1.807) is 12.1 Å². The average Bonchev–Trinajstić information content (AvgIpc) is 3.43. The predicted molar refractivity (Wildman–Crippen MR) is 120 cm³/mol. The molecule has 2 fully saturated rings. The fourth-order valence-corrected chi connectivity index (χ4v) is 5.92. The van der Waals surface area contributed by atoms with Gasteiger partial charge in [0.25, 0.3) is 0 Å². The van der Waals surface area contributed by atoms with Gasteiger partial charge in [-0.05, 0) is 25.0 Å². The summed E-state index contributed by atoms with van der Waals surface area (Å²) in [5.74, 6) is -0.352. The van der Waals surface area contributed by atoms with Crippen molar-refractivity contribution >= 4 is 45.0 Å². The van der Waals surface area contributed by atoms with Gasteiger partial charge in [0, 0.05) is 25.4 Å². The van der Waals surface area contributed by atoms with Crippen LogP contribution in [0, 0.1) is 11.3 Å². The predicted octanol–water partition coefficient (Wildman–Crippen LogP) is 2.51. The number of nitrogens with zero attached hydrogens (tertiary/aromatic N) is 4. The summed E-state index contributed by atoms with van der Waals surface area (Å²) >= 11 is 11.9. The molecule has 1 saturated heterocycles. The minimum absolute atomic E-state index is 0.0572. The fraction of sp³-hybridized carbons (Fsp3) is 0.381. The number of rotatable bonds is 6. The zero-order valence-electron chi connectivity index (χ0n) is 17.6. The molecule has 1 aliphatic carbocycles. The molecule has 2 aliphatic rings. The van der Waals surface area contributed by atoms with E-state index < -0.39 is 38.9 Å². The van der Waals surface area contributed by atoms with Crippen molar-refractivity contribution in [3.05, 3.63) is 52.5 Å². The summed E-state index contributed by atoms with van der Waals surface area (Å²) in [4.78, 5) is 34.6. The highest BCUT2D eigenvalue weighted by Gasteiger charge is 2.48. The van der Waals surface area contributed by atoms with E-state index in [1.807, 2.05) is 6.07 Å². The lowest BCUT2D eigenvalue weighted by molar-refractivity contribution is -0.137. The minimum atomic E-state index is -3.95. The summed E-state index contributed by atoms with van der Waals surface area (Å²) in [7, 11) is -3.95. The van der Waals surface area contributed by atoms with Crippen molar-refractivity contribution in [3.63, 3.8) is 0 Å². The van der Waals surface area contributed by atoms with Gasteiger partial charge < -0.3 is 15.0 Å². The molecule has 4 rings (SSSR count). The summed E-state index contributed by atoms with van der Waals surface area (Å²) in [6, 6.07) is 8.01. The largest absolute Gasteiger partial charge is 0.425 e. The maximum Gasteiger partial charge on any atom is 0.410 e. The lowest BCUT2D eigenvalue weighted by atomic mass is 10.3. The number of alkyl carbamates (subject to hydrolysis) is 1. The van der Waals surface area contributed by atoms with Crippen LogP contribution in [0.2, 0.25) is 10.0 Å².